The van der Waals surface area contributed by atoms with Gasteiger partial charge in [0.25, 0.3) is 0 Å². The molecule has 0 radical (unpaired) electrons. The highest BCUT2D eigenvalue weighted by Crippen LogP contribution is 2.51. The molecule has 17 aromatic rings. The van der Waals surface area contributed by atoms with E-state index in [1.165, 1.54) is 22.3 Å². The van der Waals surface area contributed by atoms with Gasteiger partial charge in [0.2, 0.25) is 11.9 Å². The number of benzene rings is 11. The van der Waals surface area contributed by atoms with E-state index >= 15 is 0 Å². The van der Waals surface area contributed by atoms with Crippen LogP contribution in [0.4, 0.5) is 0 Å². The SMILES string of the molecule is CC(C)(C)c1ccc2c(c1)c1cc(C(C)(C)C)ccc1n2-c1nc(-c2ccc(-n3c4ccccc4c4c5c(c6ccccc6n5-c5ccccc5)c5c(c6ccccc6n5-c5ccccc5)c43)c(C#N)c2)nc(-n2c3ccc(C(C)(C)C)cc3c3cc(C(C)(C)C)ccc32)n1. The molecule has 0 atom stereocenters. The first-order valence-electron chi connectivity index (χ1n) is 33.2. The monoisotopic (exact) mass is 1230 g/mol. The van der Waals surface area contributed by atoms with Gasteiger partial charge in [-0.15, -0.1) is 0 Å². The van der Waals surface area contributed by atoms with Crippen LogP contribution < -0.4 is 0 Å². The average molecular weight is 1230 g/mol. The van der Waals surface area contributed by atoms with E-state index < -0.39 is 0 Å². The van der Waals surface area contributed by atoms with Crippen molar-refractivity contribution in [2.45, 2.75) is 105 Å². The molecule has 17 rings (SSSR count). The zero-order valence-corrected chi connectivity index (χ0v) is 55.9. The fourth-order valence-corrected chi connectivity index (χ4v) is 15.1. The Balaban J connectivity index is 0.982. The molecule has 0 amide bonds. The van der Waals surface area contributed by atoms with E-state index in [2.05, 4.69) is 330 Å². The van der Waals surface area contributed by atoms with Crippen LogP contribution in [0.25, 0.3) is 149 Å². The summed E-state index contributed by atoms with van der Waals surface area (Å²) in [6.07, 6.45) is 0. The van der Waals surface area contributed by atoms with Gasteiger partial charge in [0.05, 0.1) is 66.4 Å². The summed E-state index contributed by atoms with van der Waals surface area (Å²) in [6.45, 7) is 27.3. The number of nitrogens with zero attached hydrogens (tertiary/aromatic N) is 9. The van der Waals surface area contributed by atoms with Crippen LogP contribution in [-0.2, 0) is 21.7 Å². The van der Waals surface area contributed by atoms with Crippen molar-refractivity contribution in [2.75, 3.05) is 0 Å². The molecular weight excluding hydrogens is 1160 g/mol. The highest BCUT2D eigenvalue weighted by Gasteiger charge is 2.31. The lowest BCUT2D eigenvalue weighted by Crippen LogP contribution is -2.12. The first kappa shape index (κ1) is 57.8. The van der Waals surface area contributed by atoms with Gasteiger partial charge in [0.1, 0.15) is 6.07 Å². The second kappa shape index (κ2) is 20.5. The lowest BCUT2D eigenvalue weighted by molar-refractivity contribution is 0.590. The number of hydrogen-bond acceptors (Lipinski definition) is 4. The van der Waals surface area contributed by atoms with Gasteiger partial charge in [-0.05, 0) is 153 Å². The van der Waals surface area contributed by atoms with Crippen molar-refractivity contribution < 1.29 is 0 Å². The third-order valence-electron chi connectivity index (χ3n) is 20.0. The molecule has 0 spiro atoms. The summed E-state index contributed by atoms with van der Waals surface area (Å²) in [5.41, 5.74) is 19.0. The summed E-state index contributed by atoms with van der Waals surface area (Å²) in [6, 6.07) is 84.3. The summed E-state index contributed by atoms with van der Waals surface area (Å²) in [4.78, 5) is 16.9. The normalized spacial score (nSPS) is 12.8. The molecule has 6 aromatic heterocycles. The highest BCUT2D eigenvalue weighted by atomic mass is 15.3. The van der Waals surface area contributed by atoms with Gasteiger partial charge in [-0.25, -0.2) is 0 Å². The largest absolute Gasteiger partial charge is 0.308 e. The standard InChI is InChI=1S/C86H73N9/c1-83(2,3)53-36-41-70-62(46-53)63-47-54(84(4,5)6)37-42-71(63)94(70)81-88-80(89-82(90-81)95-72-43-38-55(85(7,8)9)48-64(72)65-49-56(86(10,11)12)39-44-73(65)95)51-35-40-66(52(45-51)50-87)93-69-34-24-21-31-61(69)76-78-74(59-29-19-22-32-67(59)91(78)57-25-15-13-16-26-57)77-75(79(76)93)60-30-20-23-33-68(60)92(77)58-27-17-14-18-28-58/h13-49H,1-12H3. The van der Waals surface area contributed by atoms with Crippen LogP contribution in [0.2, 0.25) is 0 Å². The maximum atomic E-state index is 12.0. The molecular formula is C86H73N9. The first-order chi connectivity index (χ1) is 45.6. The van der Waals surface area contributed by atoms with Crippen molar-refractivity contribution in [1.82, 2.24) is 37.8 Å². The Labute approximate surface area is 552 Å². The minimum atomic E-state index is -0.0979. The second-order valence-corrected chi connectivity index (χ2v) is 30.1. The number of nitriles is 1. The Morgan fingerprint density at radius 2 is 0.611 bits per heavy atom. The quantitative estimate of drug-likeness (QED) is 0.166. The first-order valence-corrected chi connectivity index (χ1v) is 33.2. The molecule has 462 valence electrons. The van der Waals surface area contributed by atoms with Crippen molar-refractivity contribution in [2.24, 2.45) is 0 Å². The Kier molecular flexibility index (Phi) is 12.4. The maximum absolute atomic E-state index is 12.0. The predicted octanol–water partition coefficient (Wildman–Crippen LogP) is 22.1. The van der Waals surface area contributed by atoms with E-state index in [4.69, 9.17) is 15.0 Å². The molecule has 0 bridgehead atoms. The molecule has 0 saturated heterocycles. The fraction of sp³-hybridized carbons (Fsp3) is 0.186. The minimum absolute atomic E-state index is 0.0979. The van der Waals surface area contributed by atoms with Gasteiger partial charge >= 0.3 is 0 Å². The molecule has 0 unspecified atom stereocenters. The average Bonchev–Trinajstić information content (AvgIpc) is 1.51. The summed E-state index contributed by atoms with van der Waals surface area (Å²) >= 11 is 0. The van der Waals surface area contributed by atoms with Crippen molar-refractivity contribution in [3.63, 3.8) is 0 Å². The van der Waals surface area contributed by atoms with Crippen LogP contribution in [0.5, 0.6) is 0 Å². The zero-order chi connectivity index (χ0) is 65.4. The molecule has 0 aliphatic carbocycles. The Hall–Kier alpha value is -11.1. The van der Waals surface area contributed by atoms with Crippen molar-refractivity contribution in [3.05, 3.63) is 252 Å². The van der Waals surface area contributed by atoms with Gasteiger partial charge in [0, 0.05) is 70.8 Å². The van der Waals surface area contributed by atoms with Gasteiger partial charge < -0.3 is 13.7 Å². The molecule has 0 aliphatic rings. The Morgan fingerprint density at radius 3 is 0.958 bits per heavy atom. The van der Waals surface area contributed by atoms with Gasteiger partial charge in [-0.2, -0.15) is 20.2 Å². The molecule has 9 nitrogen and oxygen atoms in total. The fourth-order valence-electron chi connectivity index (χ4n) is 15.1. The van der Waals surface area contributed by atoms with E-state index in [0.717, 1.165) is 126 Å². The van der Waals surface area contributed by atoms with Crippen LogP contribution in [0.1, 0.15) is 111 Å². The van der Waals surface area contributed by atoms with Crippen LogP contribution in [0.15, 0.2) is 224 Å². The number of hydrogen-bond donors (Lipinski definition) is 0. The summed E-state index contributed by atoms with van der Waals surface area (Å²) in [5.74, 6) is 1.40. The number of rotatable bonds is 6. The summed E-state index contributed by atoms with van der Waals surface area (Å²) in [7, 11) is 0. The third-order valence-corrected chi connectivity index (χ3v) is 20.0. The molecule has 6 heterocycles. The zero-order valence-electron chi connectivity index (χ0n) is 55.9. The molecule has 0 fully saturated rings. The molecule has 9 heteroatoms. The van der Waals surface area contributed by atoms with Crippen molar-refractivity contribution in [3.8, 4) is 46.4 Å². The molecule has 0 saturated carbocycles. The van der Waals surface area contributed by atoms with Gasteiger partial charge in [-0.1, -0.05) is 198 Å². The van der Waals surface area contributed by atoms with E-state index in [-0.39, 0.29) is 21.7 Å². The van der Waals surface area contributed by atoms with E-state index in [1.54, 1.807) is 0 Å². The predicted molar refractivity (Wildman–Crippen MR) is 396 cm³/mol. The van der Waals surface area contributed by atoms with Gasteiger partial charge in [0.15, 0.2) is 5.82 Å². The number of para-hydroxylation sites is 5. The maximum Gasteiger partial charge on any atom is 0.240 e. The third kappa shape index (κ3) is 8.76. The van der Waals surface area contributed by atoms with E-state index in [1.807, 2.05) is 6.07 Å². The van der Waals surface area contributed by atoms with Crippen molar-refractivity contribution in [1.29, 1.82) is 5.26 Å². The summed E-state index contributed by atoms with van der Waals surface area (Å²) < 4.78 is 11.7. The van der Waals surface area contributed by atoms with Crippen LogP contribution >= 0.6 is 0 Å². The smallest absolute Gasteiger partial charge is 0.240 e. The molecule has 11 aromatic carbocycles. The van der Waals surface area contributed by atoms with Crippen LogP contribution in [0.3, 0.4) is 0 Å². The molecule has 0 aliphatic heterocycles. The lowest BCUT2D eigenvalue weighted by Gasteiger charge is -2.19. The second-order valence-electron chi connectivity index (χ2n) is 30.1. The Bertz CT molecular complexity index is 5740. The van der Waals surface area contributed by atoms with Crippen molar-refractivity contribution >= 4 is 109 Å². The Morgan fingerprint density at radius 1 is 0.295 bits per heavy atom. The van der Waals surface area contributed by atoms with Gasteiger partial charge in [-0.3, -0.25) is 9.13 Å². The molecule has 95 heavy (non-hydrogen) atoms. The highest BCUT2D eigenvalue weighted by molar-refractivity contribution is 6.40. The topological polar surface area (TPSA) is 87.1 Å². The minimum Gasteiger partial charge on any atom is -0.308 e. The number of aromatic nitrogens is 8. The molecule has 0 N–H and O–H groups in total. The lowest BCUT2D eigenvalue weighted by atomic mass is 9.85. The van der Waals surface area contributed by atoms with Crippen LogP contribution in [0, 0.1) is 11.3 Å². The summed E-state index contributed by atoms with van der Waals surface area (Å²) in [5, 5.41) is 23.2. The van der Waals surface area contributed by atoms with Crippen LogP contribution in [-0.4, -0.2) is 37.8 Å². The number of fused-ring (bicyclic) bond motifs is 18. The van der Waals surface area contributed by atoms with E-state index in [0.29, 0.717) is 28.8 Å². The van der Waals surface area contributed by atoms with E-state index in [9.17, 15) is 5.26 Å².